The van der Waals surface area contributed by atoms with Crippen molar-refractivity contribution in [3.05, 3.63) is 135 Å². The van der Waals surface area contributed by atoms with Gasteiger partial charge in [-0.1, -0.05) is 7.43 Å². The number of alkyl halides is 1. The number of fused-ring (bicyclic) bond motifs is 3. The number of pyridine rings is 2. The quantitative estimate of drug-likeness (QED) is 0.0865. The maximum absolute atomic E-state index is 12.1. The third kappa shape index (κ3) is 11.2. The lowest BCUT2D eigenvalue weighted by atomic mass is 10.0. The first kappa shape index (κ1) is 49.3. The Morgan fingerprint density at radius 2 is 1.34 bits per heavy atom. The summed E-state index contributed by atoms with van der Waals surface area (Å²) in [5, 5.41) is 1.65. The van der Waals surface area contributed by atoms with Crippen LogP contribution in [0.2, 0.25) is 0 Å². The number of ether oxygens (including phenoxy) is 2. The normalized spacial score (nSPS) is 10.1. The van der Waals surface area contributed by atoms with Crippen LogP contribution in [0.1, 0.15) is 43.8 Å². The van der Waals surface area contributed by atoms with Gasteiger partial charge in [0.25, 0.3) is 5.56 Å². The van der Waals surface area contributed by atoms with E-state index >= 15 is 0 Å². The summed E-state index contributed by atoms with van der Waals surface area (Å²) in [6.45, 7) is 11.4. The number of aromatic amines is 1. The Morgan fingerprint density at radius 1 is 0.812 bits per heavy atom. The van der Waals surface area contributed by atoms with Crippen LogP contribution in [0.15, 0.2) is 116 Å². The smallest absolute Gasteiger partial charge is 0.291 e. The van der Waals surface area contributed by atoms with Crippen molar-refractivity contribution in [3.8, 4) is 57.6 Å². The van der Waals surface area contributed by atoms with Gasteiger partial charge in [0.1, 0.15) is 33.6 Å². The number of aromatic nitrogens is 7. The van der Waals surface area contributed by atoms with E-state index in [1.807, 2.05) is 94.5 Å². The van der Waals surface area contributed by atoms with Crippen LogP contribution < -0.4 is 20.8 Å². The topological polar surface area (TPSA) is 221 Å². The number of anilines is 1. The van der Waals surface area contributed by atoms with Crippen LogP contribution in [0.3, 0.4) is 0 Å². The molecular formula is C47H46BrClN8O7. The van der Waals surface area contributed by atoms with Crippen molar-refractivity contribution in [2.45, 2.75) is 49.0 Å². The Morgan fingerprint density at radius 3 is 1.84 bits per heavy atom. The second-order valence-corrected chi connectivity index (χ2v) is 14.3. The summed E-state index contributed by atoms with van der Waals surface area (Å²) >= 11 is 8.12. The highest BCUT2D eigenvalue weighted by atomic mass is 79.9. The number of aldehydes is 1. The van der Waals surface area contributed by atoms with E-state index in [-0.39, 0.29) is 24.3 Å². The third-order valence-corrected chi connectivity index (χ3v) is 9.84. The average molecular weight is 950 g/mol. The highest BCUT2D eigenvalue weighted by Gasteiger charge is 2.16. The predicted octanol–water partition coefficient (Wildman–Crippen LogP) is 10.5. The van der Waals surface area contributed by atoms with Crippen LogP contribution in [-0.4, -0.2) is 51.9 Å². The van der Waals surface area contributed by atoms with Gasteiger partial charge in [0.15, 0.2) is 5.82 Å². The van der Waals surface area contributed by atoms with Crippen LogP contribution in [-0.2, 0) is 4.79 Å². The summed E-state index contributed by atoms with van der Waals surface area (Å²) in [4.78, 5) is 45.6. The van der Waals surface area contributed by atoms with Crippen LogP contribution >= 0.6 is 27.5 Å². The fourth-order valence-corrected chi connectivity index (χ4v) is 6.62. The molecule has 2 aromatic carbocycles. The summed E-state index contributed by atoms with van der Waals surface area (Å²) in [6, 6.07) is 18.8. The lowest BCUT2D eigenvalue weighted by molar-refractivity contribution is -0.105. The van der Waals surface area contributed by atoms with E-state index in [0.717, 1.165) is 67.0 Å². The molecule has 64 heavy (non-hydrogen) atoms. The van der Waals surface area contributed by atoms with Gasteiger partial charge in [0, 0.05) is 41.6 Å². The van der Waals surface area contributed by atoms with Crippen molar-refractivity contribution in [2.75, 3.05) is 11.6 Å². The summed E-state index contributed by atoms with van der Waals surface area (Å²) in [5.41, 5.74) is 14.7. The molecule has 0 aliphatic heterocycles. The zero-order valence-corrected chi connectivity index (χ0v) is 37.3. The Hall–Kier alpha value is -7.32. The molecule has 0 amide bonds. The molecule has 5 N–H and O–H groups in total. The fraction of sp³-hybridized carbons (Fsp3) is 0.170. The molecule has 0 bridgehead atoms. The first-order valence-electron chi connectivity index (χ1n) is 18.9. The number of halogens is 2. The number of hydrogen-bond donors (Lipinski definition) is 2. The molecule has 0 atom stereocenters. The van der Waals surface area contributed by atoms with Crippen molar-refractivity contribution in [1.82, 2.24) is 34.3 Å². The number of imidazole rings is 1. The van der Waals surface area contributed by atoms with Gasteiger partial charge in [-0.3, -0.25) is 9.20 Å². The molecule has 7 aromatic heterocycles. The third-order valence-electron chi connectivity index (χ3n) is 9.13. The van der Waals surface area contributed by atoms with Crippen LogP contribution in [0.5, 0.6) is 23.3 Å². The van der Waals surface area contributed by atoms with Crippen LogP contribution in [0.25, 0.3) is 50.1 Å². The minimum absolute atomic E-state index is 0. The Bertz CT molecular complexity index is 3140. The number of nitrogens with two attached hydrogens (primary N) is 1. The average Bonchev–Trinajstić information content (AvgIpc) is 4.07. The highest BCUT2D eigenvalue weighted by molar-refractivity contribution is 9.10. The fourth-order valence-electron chi connectivity index (χ4n) is 6.26. The number of benzene rings is 2. The zero-order chi connectivity index (χ0) is 44.3. The maximum atomic E-state index is 12.1. The molecule has 0 aliphatic carbocycles. The summed E-state index contributed by atoms with van der Waals surface area (Å²) < 4.78 is 25.1. The number of furan rings is 2. The van der Waals surface area contributed by atoms with E-state index in [1.165, 1.54) is 0 Å². The zero-order valence-electron chi connectivity index (χ0n) is 35.0. The minimum Gasteiger partial charge on any atom is -0.464 e. The van der Waals surface area contributed by atoms with Gasteiger partial charge in [0.2, 0.25) is 17.4 Å². The molecule has 0 saturated heterocycles. The van der Waals surface area contributed by atoms with Gasteiger partial charge < -0.3 is 39.3 Å². The van der Waals surface area contributed by atoms with Gasteiger partial charge in [0.05, 0.1) is 46.3 Å². The second-order valence-electron chi connectivity index (χ2n) is 13.3. The summed E-state index contributed by atoms with van der Waals surface area (Å²) in [6.07, 6.45) is 10.6. The molecule has 0 fully saturated rings. The van der Waals surface area contributed by atoms with Crippen molar-refractivity contribution in [3.63, 3.8) is 0 Å². The first-order chi connectivity index (χ1) is 30.0. The Labute approximate surface area is 382 Å². The minimum atomic E-state index is -0.205. The number of aryl methyl sites for hydroxylation is 4. The van der Waals surface area contributed by atoms with Crippen LogP contribution in [0.4, 0.5) is 5.82 Å². The van der Waals surface area contributed by atoms with Crippen LogP contribution in [0, 0.1) is 39.5 Å². The van der Waals surface area contributed by atoms with Gasteiger partial charge >= 0.3 is 0 Å². The molecule has 9 rings (SSSR count). The largest absolute Gasteiger partial charge is 0.464 e. The van der Waals surface area contributed by atoms with Gasteiger partial charge in [-0.25, -0.2) is 24.9 Å². The lowest BCUT2D eigenvalue weighted by Gasteiger charge is -2.13. The second kappa shape index (κ2) is 22.7. The lowest BCUT2D eigenvalue weighted by Crippen LogP contribution is -2.14. The number of H-pyrrole nitrogens is 1. The number of carbonyl (C=O) groups excluding carboxylic acids is 1. The molecule has 7 heterocycles. The molecule has 0 unspecified atom stereocenters. The number of nitrogens with one attached hydrogen (secondary N) is 1. The molecule has 330 valence electrons. The molecule has 17 heteroatoms. The van der Waals surface area contributed by atoms with E-state index in [2.05, 4.69) is 57.7 Å². The Balaban J connectivity index is 0.000000235. The first-order valence-corrected chi connectivity index (χ1v) is 20.2. The molecule has 0 spiro atoms. The Kier molecular flexibility index (Phi) is 17.5. The summed E-state index contributed by atoms with van der Waals surface area (Å²) in [7, 11) is 0. The number of carbonyl (C=O) groups is 1. The van der Waals surface area contributed by atoms with E-state index < -0.39 is 0 Å². The number of nitrogens with zero attached hydrogens (tertiary/aromatic N) is 6. The van der Waals surface area contributed by atoms with E-state index in [1.54, 1.807) is 49.4 Å². The molecule has 0 aliphatic rings. The van der Waals surface area contributed by atoms with E-state index in [4.69, 9.17) is 40.4 Å². The van der Waals surface area contributed by atoms with Crippen molar-refractivity contribution in [2.24, 2.45) is 0 Å². The molecule has 15 nitrogen and oxygen atoms in total. The SMILES string of the molecule is C.CC#CC.Cc1cc(Oc2nccc3occc23)ccc1-c1c(C)[nH]c(=O)c2nccn12.Cc1cc(Oc2nccc3occc23)ccc1-c1nc(N)c(Br)nc1C.O.O=CCCl. The van der Waals surface area contributed by atoms with Crippen molar-refractivity contribution >= 4 is 67.2 Å². The molecular weight excluding hydrogens is 904 g/mol. The highest BCUT2D eigenvalue weighted by Crippen LogP contribution is 2.35. The van der Waals surface area contributed by atoms with E-state index in [0.29, 0.717) is 45.6 Å². The number of rotatable bonds is 7. The molecule has 0 saturated carbocycles. The predicted molar refractivity (Wildman–Crippen MR) is 254 cm³/mol. The summed E-state index contributed by atoms with van der Waals surface area (Å²) in [5.74, 6) is 8.19. The van der Waals surface area contributed by atoms with Gasteiger partial charge in [-0.2, -0.15) is 0 Å². The van der Waals surface area contributed by atoms with E-state index in [9.17, 15) is 4.79 Å². The maximum Gasteiger partial charge on any atom is 0.291 e. The number of nitrogen functional groups attached to an aromatic ring is 1. The van der Waals surface area contributed by atoms with Gasteiger partial charge in [-0.05, 0) is 129 Å². The van der Waals surface area contributed by atoms with Crippen molar-refractivity contribution in [1.29, 1.82) is 0 Å². The standard InChI is InChI=1S/C21H16N4O3.C19H15BrN4O2.C4H6.C2H3ClO.CH4.H2O/c1-12-11-14(28-21-16-6-10-27-17(16)5-7-23-21)3-4-15(12)18-13(2)24-20(26)19-22-8-9-25(18)19;1-10-9-12(26-19-14-6-8-25-15(14)5-7-22-19)3-4-13(10)16-11(2)23-17(20)18(21)24-16;1-3-4-2;3-1-2-4;;/h3-11H,1-2H3,(H,24,26);3-9H,1-2H3,(H2,21,24);1-2H3;2H,1H2;1H4;1H2. The van der Waals surface area contributed by atoms with Gasteiger partial charge in [-0.15, -0.1) is 23.4 Å². The molecule has 0 radical (unpaired) electrons. The molecule has 9 aromatic rings. The monoisotopic (exact) mass is 948 g/mol. The number of hydrogen-bond acceptors (Lipinski definition) is 12. The van der Waals surface area contributed by atoms with Crippen molar-refractivity contribution < 1.29 is 28.6 Å².